The lowest BCUT2D eigenvalue weighted by atomic mass is 10.3. The fourth-order valence-corrected chi connectivity index (χ4v) is 1.58. The smallest absolute Gasteiger partial charge is 0.262 e. The molecule has 0 atom stereocenters. The van der Waals surface area contributed by atoms with Crippen molar-refractivity contribution in [3.8, 4) is 11.5 Å². The van der Waals surface area contributed by atoms with Gasteiger partial charge in [0.2, 0.25) is 0 Å². The number of hydrogen-bond acceptors (Lipinski definition) is 3. The summed E-state index contributed by atoms with van der Waals surface area (Å²) in [6, 6.07) is 12.5. The highest BCUT2D eigenvalue weighted by Crippen LogP contribution is 2.16. The Morgan fingerprint density at radius 2 is 1.90 bits per heavy atom. The van der Waals surface area contributed by atoms with Gasteiger partial charge in [-0.25, -0.2) is 4.39 Å². The second-order valence-corrected chi connectivity index (χ2v) is 4.02. The maximum Gasteiger partial charge on any atom is 0.262 e. The van der Waals surface area contributed by atoms with Gasteiger partial charge in [0.15, 0.2) is 6.61 Å². The van der Waals surface area contributed by atoms with Crippen LogP contribution in [-0.2, 0) is 4.79 Å². The van der Waals surface area contributed by atoms with Crippen molar-refractivity contribution >= 4 is 11.6 Å². The number of methoxy groups -OCH3 is 1. The Morgan fingerprint density at radius 3 is 2.60 bits per heavy atom. The van der Waals surface area contributed by atoms with E-state index in [1.165, 1.54) is 24.3 Å². The van der Waals surface area contributed by atoms with Crippen molar-refractivity contribution in [3.05, 3.63) is 54.3 Å². The minimum absolute atomic E-state index is 0.150. The van der Waals surface area contributed by atoms with Crippen LogP contribution in [0.25, 0.3) is 0 Å². The SMILES string of the molecule is COc1cccc(NC(=O)COc2ccc(F)cc2)c1. The molecule has 104 valence electrons. The largest absolute Gasteiger partial charge is 0.497 e. The number of amides is 1. The van der Waals surface area contributed by atoms with Gasteiger partial charge in [0.1, 0.15) is 17.3 Å². The average molecular weight is 275 g/mol. The predicted octanol–water partition coefficient (Wildman–Crippen LogP) is 2.85. The van der Waals surface area contributed by atoms with Crippen LogP contribution in [0.3, 0.4) is 0 Å². The molecule has 0 bridgehead atoms. The fraction of sp³-hybridized carbons (Fsp3) is 0.133. The summed E-state index contributed by atoms with van der Waals surface area (Å²) in [7, 11) is 1.55. The Hall–Kier alpha value is -2.56. The summed E-state index contributed by atoms with van der Waals surface area (Å²) in [4.78, 5) is 11.7. The first-order valence-corrected chi connectivity index (χ1v) is 5.99. The highest BCUT2D eigenvalue weighted by atomic mass is 19.1. The molecule has 2 aromatic rings. The molecule has 20 heavy (non-hydrogen) atoms. The van der Waals surface area contributed by atoms with E-state index in [1.807, 2.05) is 0 Å². The van der Waals surface area contributed by atoms with Gasteiger partial charge in [-0.2, -0.15) is 0 Å². The number of carbonyl (C=O) groups excluding carboxylic acids is 1. The molecular weight excluding hydrogens is 261 g/mol. The van der Waals surface area contributed by atoms with E-state index in [4.69, 9.17) is 9.47 Å². The molecule has 0 aliphatic heterocycles. The van der Waals surface area contributed by atoms with E-state index in [1.54, 1.807) is 31.4 Å². The van der Waals surface area contributed by atoms with Crippen LogP contribution in [0.4, 0.5) is 10.1 Å². The molecule has 0 saturated heterocycles. The molecule has 0 fully saturated rings. The van der Waals surface area contributed by atoms with Gasteiger partial charge in [-0.15, -0.1) is 0 Å². The zero-order valence-corrected chi connectivity index (χ0v) is 10.9. The third-order valence-corrected chi connectivity index (χ3v) is 2.54. The highest BCUT2D eigenvalue weighted by molar-refractivity contribution is 5.92. The van der Waals surface area contributed by atoms with Crippen molar-refractivity contribution in [1.29, 1.82) is 0 Å². The molecular formula is C15H14FNO3. The zero-order chi connectivity index (χ0) is 14.4. The van der Waals surface area contributed by atoms with E-state index >= 15 is 0 Å². The molecule has 0 spiro atoms. The van der Waals surface area contributed by atoms with Crippen LogP contribution in [0, 0.1) is 5.82 Å². The molecule has 4 nitrogen and oxygen atoms in total. The van der Waals surface area contributed by atoms with Gasteiger partial charge >= 0.3 is 0 Å². The molecule has 1 amide bonds. The third-order valence-electron chi connectivity index (χ3n) is 2.54. The molecule has 1 N–H and O–H groups in total. The maximum atomic E-state index is 12.7. The number of carbonyl (C=O) groups is 1. The van der Waals surface area contributed by atoms with Crippen molar-refractivity contribution < 1.29 is 18.7 Å². The first-order valence-electron chi connectivity index (χ1n) is 5.99. The van der Waals surface area contributed by atoms with Gasteiger partial charge in [0.25, 0.3) is 5.91 Å². The van der Waals surface area contributed by atoms with Gasteiger partial charge in [-0.3, -0.25) is 4.79 Å². The van der Waals surface area contributed by atoms with E-state index in [0.717, 1.165) is 0 Å². The monoisotopic (exact) mass is 275 g/mol. The molecule has 5 heteroatoms. The van der Waals surface area contributed by atoms with E-state index in [0.29, 0.717) is 17.2 Å². The summed E-state index contributed by atoms with van der Waals surface area (Å²) in [6.07, 6.45) is 0. The number of anilines is 1. The molecule has 0 heterocycles. The van der Waals surface area contributed by atoms with Gasteiger partial charge < -0.3 is 14.8 Å². The molecule has 0 saturated carbocycles. The summed E-state index contributed by atoms with van der Waals surface area (Å²) >= 11 is 0. The second-order valence-electron chi connectivity index (χ2n) is 4.02. The lowest BCUT2D eigenvalue weighted by Gasteiger charge is -2.08. The highest BCUT2D eigenvalue weighted by Gasteiger charge is 2.04. The second kappa shape index (κ2) is 6.56. The third kappa shape index (κ3) is 3.98. The normalized spacial score (nSPS) is 9.90. The van der Waals surface area contributed by atoms with Crippen LogP contribution < -0.4 is 14.8 Å². The van der Waals surface area contributed by atoms with Crippen LogP contribution in [0.2, 0.25) is 0 Å². The van der Waals surface area contributed by atoms with Gasteiger partial charge in [0.05, 0.1) is 7.11 Å². The summed E-state index contributed by atoms with van der Waals surface area (Å²) in [5, 5.41) is 2.68. The van der Waals surface area contributed by atoms with Crippen LogP contribution in [0.5, 0.6) is 11.5 Å². The summed E-state index contributed by atoms with van der Waals surface area (Å²) in [5.74, 6) is 0.440. The number of benzene rings is 2. The van der Waals surface area contributed by atoms with E-state index in [-0.39, 0.29) is 18.3 Å². The van der Waals surface area contributed by atoms with Gasteiger partial charge in [0, 0.05) is 11.8 Å². The van der Waals surface area contributed by atoms with Crippen molar-refractivity contribution in [2.75, 3.05) is 19.0 Å². The first kappa shape index (κ1) is 13.9. The van der Waals surface area contributed by atoms with Gasteiger partial charge in [-0.1, -0.05) is 6.07 Å². The topological polar surface area (TPSA) is 47.6 Å². The van der Waals surface area contributed by atoms with Crippen molar-refractivity contribution in [2.45, 2.75) is 0 Å². The summed E-state index contributed by atoms with van der Waals surface area (Å²) in [6.45, 7) is -0.150. The average Bonchev–Trinajstić information content (AvgIpc) is 2.47. The lowest BCUT2D eigenvalue weighted by Crippen LogP contribution is -2.20. The van der Waals surface area contributed by atoms with Crippen LogP contribution in [0.1, 0.15) is 0 Å². The quantitative estimate of drug-likeness (QED) is 0.912. The minimum Gasteiger partial charge on any atom is -0.497 e. The Morgan fingerprint density at radius 1 is 1.15 bits per heavy atom. The molecule has 2 aromatic carbocycles. The van der Waals surface area contributed by atoms with Crippen LogP contribution in [-0.4, -0.2) is 19.6 Å². The Bertz CT molecular complexity index is 584. The van der Waals surface area contributed by atoms with Crippen molar-refractivity contribution in [1.82, 2.24) is 0 Å². The predicted molar refractivity (Wildman–Crippen MR) is 73.5 cm³/mol. The molecule has 0 aliphatic rings. The Labute approximate surface area is 116 Å². The molecule has 2 rings (SSSR count). The molecule has 0 unspecified atom stereocenters. The van der Waals surface area contributed by atoms with E-state index in [2.05, 4.69) is 5.32 Å². The van der Waals surface area contributed by atoms with Gasteiger partial charge in [-0.05, 0) is 36.4 Å². The van der Waals surface area contributed by atoms with Crippen LogP contribution in [0.15, 0.2) is 48.5 Å². The Balaban J connectivity index is 1.87. The van der Waals surface area contributed by atoms with E-state index < -0.39 is 0 Å². The Kier molecular flexibility index (Phi) is 4.55. The number of ether oxygens (including phenoxy) is 2. The van der Waals surface area contributed by atoms with E-state index in [9.17, 15) is 9.18 Å². The molecule has 0 aromatic heterocycles. The summed E-state index contributed by atoms with van der Waals surface area (Å²) in [5.41, 5.74) is 0.622. The fourth-order valence-electron chi connectivity index (χ4n) is 1.58. The maximum absolute atomic E-state index is 12.7. The number of rotatable bonds is 5. The lowest BCUT2D eigenvalue weighted by molar-refractivity contribution is -0.118. The summed E-state index contributed by atoms with van der Waals surface area (Å²) < 4.78 is 23.0. The van der Waals surface area contributed by atoms with Crippen molar-refractivity contribution in [2.24, 2.45) is 0 Å². The standard InChI is InChI=1S/C15H14FNO3/c1-19-14-4-2-3-12(9-14)17-15(18)10-20-13-7-5-11(16)6-8-13/h2-9H,10H2,1H3,(H,17,18). The number of halogens is 1. The number of hydrogen-bond donors (Lipinski definition) is 1. The zero-order valence-electron chi connectivity index (χ0n) is 10.9. The van der Waals surface area contributed by atoms with Crippen molar-refractivity contribution in [3.63, 3.8) is 0 Å². The minimum atomic E-state index is -0.349. The number of nitrogens with one attached hydrogen (secondary N) is 1. The first-order chi connectivity index (χ1) is 9.67. The van der Waals surface area contributed by atoms with Crippen LogP contribution >= 0.6 is 0 Å². The molecule has 0 aliphatic carbocycles. The molecule has 0 radical (unpaired) electrons.